The Hall–Kier alpha value is -1.75. The summed E-state index contributed by atoms with van der Waals surface area (Å²) in [5.41, 5.74) is 3.88. The molecule has 0 amide bonds. The highest BCUT2D eigenvalue weighted by molar-refractivity contribution is 14.0. The molecular weight excluding hydrogens is 467 g/mol. The summed E-state index contributed by atoms with van der Waals surface area (Å²) in [6.07, 6.45) is 0. The lowest BCUT2D eigenvalue weighted by Gasteiger charge is -2.15. The predicted molar refractivity (Wildman–Crippen MR) is 115 cm³/mol. The first-order chi connectivity index (χ1) is 12.1. The Morgan fingerprint density at radius 3 is 2.15 bits per heavy atom. The van der Waals surface area contributed by atoms with Crippen molar-refractivity contribution in [2.24, 2.45) is 4.99 Å². The second-order valence-electron chi connectivity index (χ2n) is 5.17. The molecule has 0 saturated heterocycles. The molecule has 2 aromatic rings. The van der Waals surface area contributed by atoms with Gasteiger partial charge in [0.1, 0.15) is 0 Å². The second kappa shape index (κ2) is 11.1. The number of halogens is 1. The van der Waals surface area contributed by atoms with Gasteiger partial charge in [0.25, 0.3) is 0 Å². The van der Waals surface area contributed by atoms with Crippen LogP contribution in [0.2, 0.25) is 0 Å². The van der Waals surface area contributed by atoms with Gasteiger partial charge in [-0.2, -0.15) is 0 Å². The molecule has 2 N–H and O–H groups in total. The van der Waals surface area contributed by atoms with E-state index >= 15 is 0 Å². The quantitative estimate of drug-likeness (QED) is 0.352. The Bertz CT molecular complexity index is 712. The van der Waals surface area contributed by atoms with Crippen LogP contribution in [0.1, 0.15) is 16.1 Å². The Morgan fingerprint density at radius 2 is 1.69 bits per heavy atom. The van der Waals surface area contributed by atoms with Gasteiger partial charge in [-0.1, -0.05) is 0 Å². The van der Waals surface area contributed by atoms with E-state index in [4.69, 9.17) is 14.2 Å². The Kier molecular flexibility index (Phi) is 9.49. The fourth-order valence-corrected chi connectivity index (χ4v) is 3.02. The van der Waals surface area contributed by atoms with E-state index in [2.05, 4.69) is 20.6 Å². The highest BCUT2D eigenvalue weighted by atomic mass is 127. The van der Waals surface area contributed by atoms with Crippen LogP contribution < -0.4 is 24.8 Å². The first-order valence-electron chi connectivity index (χ1n) is 7.75. The van der Waals surface area contributed by atoms with Crippen molar-refractivity contribution < 1.29 is 14.2 Å². The summed E-state index contributed by atoms with van der Waals surface area (Å²) in [7, 11) is 6.54. The number of aliphatic imine (C=N–C) groups is 1. The molecule has 0 aliphatic rings. The number of nitrogens with zero attached hydrogens (tertiary/aromatic N) is 2. The van der Waals surface area contributed by atoms with E-state index in [9.17, 15) is 0 Å². The maximum atomic E-state index is 5.38. The van der Waals surface area contributed by atoms with Crippen molar-refractivity contribution in [2.45, 2.75) is 20.0 Å². The molecule has 144 valence electrons. The standard InChI is InChI=1S/C17H24N4O3S.HI/c1-11-15(25-10-21-11)9-20-17(18-2)19-8-12-6-13(22-3)16(24-5)14(7-12)23-4;/h6-7,10H,8-9H2,1-5H3,(H2,18,19,20);1H. The van der Waals surface area contributed by atoms with E-state index in [1.807, 2.05) is 24.6 Å². The van der Waals surface area contributed by atoms with Gasteiger partial charge in [-0.05, 0) is 24.6 Å². The summed E-state index contributed by atoms with van der Waals surface area (Å²) in [5, 5.41) is 6.56. The van der Waals surface area contributed by atoms with E-state index in [1.54, 1.807) is 39.7 Å². The third-order valence-corrected chi connectivity index (χ3v) is 4.60. The number of aromatic nitrogens is 1. The number of benzene rings is 1. The third kappa shape index (κ3) is 5.63. The largest absolute Gasteiger partial charge is 0.493 e. The first-order valence-corrected chi connectivity index (χ1v) is 8.63. The van der Waals surface area contributed by atoms with Crippen molar-refractivity contribution in [3.8, 4) is 17.2 Å². The molecule has 0 spiro atoms. The van der Waals surface area contributed by atoms with Crippen molar-refractivity contribution in [1.82, 2.24) is 15.6 Å². The molecule has 0 atom stereocenters. The maximum Gasteiger partial charge on any atom is 0.203 e. The molecule has 1 aromatic heterocycles. The van der Waals surface area contributed by atoms with E-state index in [0.29, 0.717) is 36.3 Å². The zero-order chi connectivity index (χ0) is 18.2. The van der Waals surface area contributed by atoms with Crippen molar-refractivity contribution >= 4 is 41.3 Å². The van der Waals surface area contributed by atoms with Crippen LogP contribution in [0, 0.1) is 6.92 Å². The molecule has 2 rings (SSSR count). The zero-order valence-corrected chi connectivity index (χ0v) is 18.7. The number of hydrogen-bond acceptors (Lipinski definition) is 6. The van der Waals surface area contributed by atoms with Crippen LogP contribution >= 0.6 is 35.3 Å². The molecule has 0 saturated carbocycles. The number of aryl methyl sites for hydroxylation is 1. The third-order valence-electron chi connectivity index (χ3n) is 3.67. The number of hydrogen-bond donors (Lipinski definition) is 2. The molecule has 0 unspecified atom stereocenters. The van der Waals surface area contributed by atoms with Gasteiger partial charge in [-0.15, -0.1) is 35.3 Å². The number of nitrogens with one attached hydrogen (secondary N) is 2. The number of thiazole rings is 1. The number of ether oxygens (including phenoxy) is 3. The van der Waals surface area contributed by atoms with Crippen molar-refractivity contribution in [2.75, 3.05) is 28.4 Å². The van der Waals surface area contributed by atoms with Gasteiger partial charge >= 0.3 is 0 Å². The smallest absolute Gasteiger partial charge is 0.203 e. The molecule has 26 heavy (non-hydrogen) atoms. The molecule has 0 bridgehead atoms. The van der Waals surface area contributed by atoms with Crippen molar-refractivity contribution in [3.05, 3.63) is 33.8 Å². The van der Waals surface area contributed by atoms with Gasteiger partial charge in [0.15, 0.2) is 17.5 Å². The Labute approximate surface area is 175 Å². The second-order valence-corrected chi connectivity index (χ2v) is 6.11. The average molecular weight is 492 g/mol. The van der Waals surface area contributed by atoms with E-state index in [1.165, 1.54) is 4.88 Å². The van der Waals surface area contributed by atoms with Gasteiger partial charge < -0.3 is 24.8 Å². The SMILES string of the molecule is CN=C(NCc1cc(OC)c(OC)c(OC)c1)NCc1scnc1C.I. The summed E-state index contributed by atoms with van der Waals surface area (Å²) in [4.78, 5) is 9.68. The molecule has 0 aliphatic heterocycles. The van der Waals surface area contributed by atoms with Crippen LogP contribution in [-0.4, -0.2) is 39.3 Å². The van der Waals surface area contributed by atoms with Gasteiger partial charge in [0.2, 0.25) is 5.75 Å². The van der Waals surface area contributed by atoms with Gasteiger partial charge in [-0.25, -0.2) is 4.98 Å². The minimum absolute atomic E-state index is 0. The Morgan fingerprint density at radius 1 is 1.08 bits per heavy atom. The van der Waals surface area contributed by atoms with Crippen LogP contribution in [-0.2, 0) is 13.1 Å². The lowest BCUT2D eigenvalue weighted by atomic mass is 10.2. The highest BCUT2D eigenvalue weighted by Gasteiger charge is 2.13. The van der Waals surface area contributed by atoms with E-state index in [0.717, 1.165) is 11.3 Å². The van der Waals surface area contributed by atoms with E-state index < -0.39 is 0 Å². The average Bonchev–Trinajstić information content (AvgIpc) is 3.05. The summed E-state index contributed by atoms with van der Waals surface area (Å²) < 4.78 is 16.1. The van der Waals surface area contributed by atoms with Gasteiger partial charge in [0.05, 0.1) is 39.1 Å². The molecule has 1 heterocycles. The monoisotopic (exact) mass is 492 g/mol. The maximum absolute atomic E-state index is 5.38. The molecule has 0 fully saturated rings. The fourth-order valence-electron chi connectivity index (χ4n) is 2.30. The molecule has 7 nitrogen and oxygen atoms in total. The first kappa shape index (κ1) is 22.3. The summed E-state index contributed by atoms with van der Waals surface area (Å²) in [6.45, 7) is 3.25. The minimum atomic E-state index is 0. The van der Waals surface area contributed by atoms with Crippen molar-refractivity contribution in [1.29, 1.82) is 0 Å². The predicted octanol–water partition coefficient (Wildman–Crippen LogP) is 2.96. The minimum Gasteiger partial charge on any atom is -0.493 e. The van der Waals surface area contributed by atoms with E-state index in [-0.39, 0.29) is 24.0 Å². The van der Waals surface area contributed by atoms with Crippen LogP contribution in [0.5, 0.6) is 17.2 Å². The summed E-state index contributed by atoms with van der Waals surface area (Å²) in [5.74, 6) is 2.54. The number of rotatable bonds is 7. The van der Waals surface area contributed by atoms with Crippen LogP contribution in [0.4, 0.5) is 0 Å². The topological polar surface area (TPSA) is 77.0 Å². The van der Waals surface area contributed by atoms with Crippen LogP contribution in [0.3, 0.4) is 0 Å². The van der Waals surface area contributed by atoms with Crippen LogP contribution in [0.25, 0.3) is 0 Å². The summed E-state index contributed by atoms with van der Waals surface area (Å²) in [6, 6.07) is 3.82. The lowest BCUT2D eigenvalue weighted by molar-refractivity contribution is 0.323. The van der Waals surface area contributed by atoms with Crippen molar-refractivity contribution in [3.63, 3.8) is 0 Å². The fraction of sp³-hybridized carbons (Fsp3) is 0.412. The zero-order valence-electron chi connectivity index (χ0n) is 15.6. The molecular formula is C17H25IN4O3S. The van der Waals surface area contributed by atoms with Crippen LogP contribution in [0.15, 0.2) is 22.6 Å². The van der Waals surface area contributed by atoms with Gasteiger partial charge in [-0.3, -0.25) is 4.99 Å². The number of guanidine groups is 1. The summed E-state index contributed by atoms with van der Waals surface area (Å²) >= 11 is 1.63. The highest BCUT2D eigenvalue weighted by Crippen LogP contribution is 2.38. The molecule has 0 aliphatic carbocycles. The lowest BCUT2D eigenvalue weighted by Crippen LogP contribution is -2.36. The van der Waals surface area contributed by atoms with Gasteiger partial charge in [0, 0.05) is 18.5 Å². The molecule has 0 radical (unpaired) electrons. The number of methoxy groups -OCH3 is 3. The molecule has 1 aromatic carbocycles. The normalized spacial score (nSPS) is 10.7. The Balaban J connectivity index is 0.00000338. The molecule has 9 heteroatoms.